The van der Waals surface area contributed by atoms with Crippen LogP contribution in [0.2, 0.25) is 0 Å². The molecule has 2 nitrogen and oxygen atoms in total. The Morgan fingerprint density at radius 2 is 2.17 bits per heavy atom. The summed E-state index contributed by atoms with van der Waals surface area (Å²) < 4.78 is 5.46. The molecule has 0 heterocycles. The van der Waals surface area contributed by atoms with E-state index in [1.54, 1.807) is 7.11 Å². The van der Waals surface area contributed by atoms with Crippen molar-refractivity contribution in [3.05, 3.63) is 29.3 Å². The maximum absolute atomic E-state index is 5.46. The van der Waals surface area contributed by atoms with Crippen molar-refractivity contribution in [1.82, 2.24) is 5.32 Å². The Kier molecular flexibility index (Phi) is 5.97. The van der Waals surface area contributed by atoms with Gasteiger partial charge in [-0.2, -0.15) is 0 Å². The molecule has 1 aromatic rings. The Balaban J connectivity index is 0.00000162. The number of hydrogen-bond donors (Lipinski definition) is 1. The number of benzene rings is 1. The molecule has 0 fully saturated rings. The number of hydrogen-bond acceptors (Lipinski definition) is 2. The van der Waals surface area contributed by atoms with Gasteiger partial charge < -0.3 is 10.1 Å². The third-order valence-corrected chi connectivity index (χ3v) is 3.85. The molecule has 0 aliphatic heterocycles. The van der Waals surface area contributed by atoms with Crippen LogP contribution >= 0.6 is 12.4 Å². The van der Waals surface area contributed by atoms with E-state index >= 15 is 0 Å². The SMILES string of the molecule is CCCN[C@H]1CCc2c(OC)cccc2[C@@H]1C.Cl. The summed E-state index contributed by atoms with van der Waals surface area (Å²) >= 11 is 0. The zero-order chi connectivity index (χ0) is 12.3. The van der Waals surface area contributed by atoms with E-state index in [1.807, 2.05) is 0 Å². The van der Waals surface area contributed by atoms with Crippen LogP contribution in [-0.2, 0) is 6.42 Å². The first kappa shape index (κ1) is 15.3. The van der Waals surface area contributed by atoms with Gasteiger partial charge in [-0.3, -0.25) is 0 Å². The molecule has 0 amide bonds. The van der Waals surface area contributed by atoms with Crippen LogP contribution in [0.3, 0.4) is 0 Å². The standard InChI is InChI=1S/C15H23NO.ClH/c1-4-10-16-14-9-8-13-12(11(14)2)6-5-7-15(13)17-3;/h5-7,11,14,16H,4,8-10H2,1-3H3;1H/t11-,14-;/m0./s1. The van der Waals surface area contributed by atoms with Gasteiger partial charge in [0, 0.05) is 6.04 Å². The number of halogens is 1. The zero-order valence-corrected chi connectivity index (χ0v) is 12.3. The lowest BCUT2D eigenvalue weighted by Crippen LogP contribution is -2.37. The number of nitrogens with one attached hydrogen (secondary N) is 1. The zero-order valence-electron chi connectivity index (χ0n) is 11.5. The van der Waals surface area contributed by atoms with Gasteiger partial charge in [-0.25, -0.2) is 0 Å². The molecule has 1 aliphatic carbocycles. The lowest BCUT2D eigenvalue weighted by molar-refractivity contribution is 0.378. The minimum absolute atomic E-state index is 0. The van der Waals surface area contributed by atoms with Crippen LogP contribution in [-0.4, -0.2) is 19.7 Å². The van der Waals surface area contributed by atoms with Gasteiger partial charge in [0.05, 0.1) is 7.11 Å². The molecular weight excluding hydrogens is 246 g/mol. The van der Waals surface area contributed by atoms with E-state index in [0.29, 0.717) is 12.0 Å². The second kappa shape index (κ2) is 7.01. The van der Waals surface area contributed by atoms with E-state index in [4.69, 9.17) is 4.74 Å². The van der Waals surface area contributed by atoms with Crippen molar-refractivity contribution < 1.29 is 4.74 Å². The van der Waals surface area contributed by atoms with Crippen LogP contribution in [0.1, 0.15) is 43.7 Å². The number of rotatable bonds is 4. The molecule has 3 heteroatoms. The molecule has 2 atom stereocenters. The molecule has 0 saturated carbocycles. The smallest absolute Gasteiger partial charge is 0.122 e. The molecule has 0 aromatic heterocycles. The molecule has 0 unspecified atom stereocenters. The van der Waals surface area contributed by atoms with E-state index < -0.39 is 0 Å². The third-order valence-electron chi connectivity index (χ3n) is 3.85. The van der Waals surface area contributed by atoms with E-state index in [2.05, 4.69) is 37.4 Å². The highest BCUT2D eigenvalue weighted by atomic mass is 35.5. The summed E-state index contributed by atoms with van der Waals surface area (Å²) in [6.07, 6.45) is 3.55. The second-order valence-electron chi connectivity index (χ2n) is 4.92. The summed E-state index contributed by atoms with van der Waals surface area (Å²) in [5.74, 6) is 1.64. The van der Waals surface area contributed by atoms with Gasteiger partial charge in [0.1, 0.15) is 5.75 Å². The lowest BCUT2D eigenvalue weighted by Gasteiger charge is -2.32. The average molecular weight is 270 g/mol. The topological polar surface area (TPSA) is 21.3 Å². The minimum Gasteiger partial charge on any atom is -0.496 e. The second-order valence-corrected chi connectivity index (χ2v) is 4.92. The number of fused-ring (bicyclic) bond motifs is 1. The van der Waals surface area contributed by atoms with Crippen LogP contribution < -0.4 is 10.1 Å². The van der Waals surface area contributed by atoms with Gasteiger partial charge >= 0.3 is 0 Å². The Labute approximate surface area is 117 Å². The molecule has 1 aromatic carbocycles. The molecule has 0 bridgehead atoms. The summed E-state index contributed by atoms with van der Waals surface area (Å²) in [6.45, 7) is 5.66. The van der Waals surface area contributed by atoms with Crippen LogP contribution in [0.15, 0.2) is 18.2 Å². The predicted octanol–water partition coefficient (Wildman–Crippen LogP) is 3.53. The van der Waals surface area contributed by atoms with Crippen molar-refractivity contribution in [2.45, 2.75) is 45.1 Å². The van der Waals surface area contributed by atoms with Crippen LogP contribution in [0.4, 0.5) is 0 Å². The Morgan fingerprint density at radius 1 is 1.39 bits per heavy atom. The largest absolute Gasteiger partial charge is 0.496 e. The first-order valence-electron chi connectivity index (χ1n) is 6.67. The van der Waals surface area contributed by atoms with Crippen molar-refractivity contribution in [3.63, 3.8) is 0 Å². The lowest BCUT2D eigenvalue weighted by atomic mass is 9.80. The van der Waals surface area contributed by atoms with E-state index in [9.17, 15) is 0 Å². The number of methoxy groups -OCH3 is 1. The van der Waals surface area contributed by atoms with Gasteiger partial charge in [-0.05, 0) is 48.9 Å². The maximum atomic E-state index is 5.46. The van der Waals surface area contributed by atoms with Gasteiger partial charge in [-0.15, -0.1) is 12.4 Å². The van der Waals surface area contributed by atoms with Gasteiger partial charge in [0.2, 0.25) is 0 Å². The quantitative estimate of drug-likeness (QED) is 0.903. The van der Waals surface area contributed by atoms with Crippen molar-refractivity contribution in [2.24, 2.45) is 0 Å². The highest BCUT2D eigenvalue weighted by Gasteiger charge is 2.27. The third kappa shape index (κ3) is 2.99. The van der Waals surface area contributed by atoms with Gasteiger partial charge in [-0.1, -0.05) is 26.0 Å². The molecule has 102 valence electrons. The molecule has 0 saturated heterocycles. The van der Waals surface area contributed by atoms with E-state index in [1.165, 1.54) is 24.0 Å². The molecule has 0 radical (unpaired) electrons. The normalized spacial score (nSPS) is 21.9. The Hall–Kier alpha value is -0.730. The summed E-state index contributed by atoms with van der Waals surface area (Å²) in [5, 5.41) is 3.66. The summed E-state index contributed by atoms with van der Waals surface area (Å²) in [4.78, 5) is 0. The average Bonchev–Trinajstić information content (AvgIpc) is 2.37. The van der Waals surface area contributed by atoms with Crippen molar-refractivity contribution in [2.75, 3.05) is 13.7 Å². The Bertz CT molecular complexity index is 381. The first-order valence-corrected chi connectivity index (χ1v) is 6.67. The Morgan fingerprint density at radius 3 is 2.83 bits per heavy atom. The molecule has 0 spiro atoms. The van der Waals surface area contributed by atoms with Crippen molar-refractivity contribution >= 4 is 12.4 Å². The predicted molar refractivity (Wildman–Crippen MR) is 79.1 cm³/mol. The minimum atomic E-state index is 0. The molecule has 1 aliphatic rings. The van der Waals surface area contributed by atoms with Crippen LogP contribution in [0.5, 0.6) is 5.75 Å². The van der Waals surface area contributed by atoms with Crippen LogP contribution in [0.25, 0.3) is 0 Å². The fraction of sp³-hybridized carbons (Fsp3) is 0.600. The highest BCUT2D eigenvalue weighted by molar-refractivity contribution is 5.85. The van der Waals surface area contributed by atoms with Crippen molar-refractivity contribution in [1.29, 1.82) is 0 Å². The van der Waals surface area contributed by atoms with E-state index in [-0.39, 0.29) is 12.4 Å². The monoisotopic (exact) mass is 269 g/mol. The van der Waals surface area contributed by atoms with Crippen LogP contribution in [0, 0.1) is 0 Å². The van der Waals surface area contributed by atoms with E-state index in [0.717, 1.165) is 18.7 Å². The van der Waals surface area contributed by atoms with Gasteiger partial charge in [0.15, 0.2) is 0 Å². The van der Waals surface area contributed by atoms with Gasteiger partial charge in [0.25, 0.3) is 0 Å². The highest BCUT2D eigenvalue weighted by Crippen LogP contribution is 2.36. The summed E-state index contributed by atoms with van der Waals surface area (Å²) in [6, 6.07) is 7.05. The molecular formula is C15H24ClNO. The summed E-state index contributed by atoms with van der Waals surface area (Å²) in [7, 11) is 1.77. The molecule has 2 rings (SSSR count). The number of ether oxygens (including phenoxy) is 1. The first-order chi connectivity index (χ1) is 8.27. The van der Waals surface area contributed by atoms with Crippen molar-refractivity contribution in [3.8, 4) is 5.75 Å². The fourth-order valence-corrected chi connectivity index (χ4v) is 2.84. The molecule has 1 N–H and O–H groups in total. The summed E-state index contributed by atoms with van der Waals surface area (Å²) in [5.41, 5.74) is 2.88. The fourth-order valence-electron chi connectivity index (χ4n) is 2.84. The molecule has 18 heavy (non-hydrogen) atoms. The maximum Gasteiger partial charge on any atom is 0.122 e.